The molecule has 0 aliphatic carbocycles. The van der Waals surface area contributed by atoms with Crippen molar-refractivity contribution in [3.8, 4) is 0 Å². The van der Waals surface area contributed by atoms with Gasteiger partial charge in [-0.25, -0.2) is 9.18 Å². The fourth-order valence-corrected chi connectivity index (χ4v) is 1.84. The van der Waals surface area contributed by atoms with Crippen molar-refractivity contribution in [2.75, 3.05) is 26.2 Å². The molecule has 1 heterocycles. The molecule has 1 atom stereocenters. The van der Waals surface area contributed by atoms with Gasteiger partial charge in [0.25, 0.3) is 0 Å². The Morgan fingerprint density at radius 2 is 2.22 bits per heavy atom. The Kier molecular flexibility index (Phi) is 4.52. The molecule has 18 heavy (non-hydrogen) atoms. The van der Waals surface area contributed by atoms with Crippen molar-refractivity contribution in [3.05, 3.63) is 35.9 Å². The van der Waals surface area contributed by atoms with E-state index in [1.165, 1.54) is 4.90 Å². The van der Waals surface area contributed by atoms with Crippen LogP contribution in [0.1, 0.15) is 5.56 Å². The third kappa shape index (κ3) is 3.70. The monoisotopic (exact) mass is 252 g/mol. The summed E-state index contributed by atoms with van der Waals surface area (Å²) in [6, 6.07) is 9.44. The summed E-state index contributed by atoms with van der Waals surface area (Å²) in [6.07, 6.45) is -1.48. The molecule has 2 rings (SSSR count). The average molecular weight is 252 g/mol. The van der Waals surface area contributed by atoms with Crippen LogP contribution < -0.4 is 5.32 Å². The van der Waals surface area contributed by atoms with E-state index in [1.54, 1.807) is 0 Å². The number of halogens is 1. The van der Waals surface area contributed by atoms with Crippen LogP contribution in [0.2, 0.25) is 0 Å². The first-order valence-electron chi connectivity index (χ1n) is 6.06. The van der Waals surface area contributed by atoms with E-state index in [9.17, 15) is 9.18 Å². The number of benzene rings is 1. The molecule has 0 saturated carbocycles. The highest BCUT2D eigenvalue weighted by Crippen LogP contribution is 2.06. The molecule has 0 spiro atoms. The fraction of sp³-hybridized carbons (Fsp3) is 0.462. The minimum atomic E-state index is -1.03. The van der Waals surface area contributed by atoms with Crippen LogP contribution in [0, 0.1) is 0 Å². The molecule has 0 radical (unpaired) electrons. The molecule has 1 aliphatic heterocycles. The van der Waals surface area contributed by atoms with E-state index < -0.39 is 12.3 Å². The van der Waals surface area contributed by atoms with E-state index in [1.807, 2.05) is 30.3 Å². The molecule has 5 heteroatoms. The average Bonchev–Trinajstić information content (AvgIpc) is 2.62. The van der Waals surface area contributed by atoms with Gasteiger partial charge in [-0.05, 0) is 5.56 Å². The summed E-state index contributed by atoms with van der Waals surface area (Å²) in [5, 5.41) is 2.93. The van der Waals surface area contributed by atoms with Gasteiger partial charge in [0.15, 0.2) is 0 Å². The SMILES string of the molecule is O=C(OCc1ccccc1)N1CCNC[C@@H](F)C1. The van der Waals surface area contributed by atoms with Crippen LogP contribution in [0.4, 0.5) is 9.18 Å². The lowest BCUT2D eigenvalue weighted by molar-refractivity contribution is 0.0911. The summed E-state index contributed by atoms with van der Waals surface area (Å²) in [5.41, 5.74) is 0.926. The third-order valence-corrected chi connectivity index (χ3v) is 2.81. The predicted molar refractivity (Wildman–Crippen MR) is 66.0 cm³/mol. The summed E-state index contributed by atoms with van der Waals surface area (Å²) in [7, 11) is 0. The van der Waals surface area contributed by atoms with Crippen LogP contribution >= 0.6 is 0 Å². The molecule has 1 fully saturated rings. The molecule has 4 nitrogen and oxygen atoms in total. The summed E-state index contributed by atoms with van der Waals surface area (Å²) in [6.45, 7) is 1.69. The quantitative estimate of drug-likeness (QED) is 0.868. The molecule has 0 unspecified atom stereocenters. The molecule has 1 N–H and O–H groups in total. The van der Waals surface area contributed by atoms with Crippen LogP contribution in [0.25, 0.3) is 0 Å². The summed E-state index contributed by atoms with van der Waals surface area (Å²) in [5.74, 6) is 0. The van der Waals surface area contributed by atoms with Crippen molar-refractivity contribution in [2.45, 2.75) is 12.8 Å². The van der Waals surface area contributed by atoms with Gasteiger partial charge in [0.05, 0.1) is 6.54 Å². The maximum absolute atomic E-state index is 13.3. The number of hydrogen-bond acceptors (Lipinski definition) is 3. The van der Waals surface area contributed by atoms with E-state index in [-0.39, 0.29) is 13.2 Å². The van der Waals surface area contributed by atoms with Gasteiger partial charge >= 0.3 is 6.09 Å². The number of ether oxygens (including phenoxy) is 1. The second-order valence-corrected chi connectivity index (χ2v) is 4.29. The maximum Gasteiger partial charge on any atom is 0.410 e. The molecule has 0 bridgehead atoms. The lowest BCUT2D eigenvalue weighted by atomic mass is 10.2. The highest BCUT2D eigenvalue weighted by molar-refractivity contribution is 5.67. The standard InChI is InChI=1S/C13H17FN2O2/c14-12-8-15-6-7-16(9-12)13(17)18-10-11-4-2-1-3-5-11/h1-5,12,15H,6-10H2/t12-/m1/s1. The molecular formula is C13H17FN2O2. The molecule has 98 valence electrons. The number of alkyl halides is 1. The number of nitrogens with one attached hydrogen (secondary N) is 1. The topological polar surface area (TPSA) is 41.6 Å². The van der Waals surface area contributed by atoms with Gasteiger partial charge in [-0.1, -0.05) is 30.3 Å². The van der Waals surface area contributed by atoms with E-state index in [4.69, 9.17) is 4.74 Å². The number of carbonyl (C=O) groups excluding carboxylic acids is 1. The van der Waals surface area contributed by atoms with Crippen molar-refractivity contribution in [3.63, 3.8) is 0 Å². The number of hydrogen-bond donors (Lipinski definition) is 1. The van der Waals surface area contributed by atoms with E-state index in [0.29, 0.717) is 19.6 Å². The van der Waals surface area contributed by atoms with Gasteiger partial charge in [-0.15, -0.1) is 0 Å². The van der Waals surface area contributed by atoms with Crippen LogP contribution in [-0.2, 0) is 11.3 Å². The predicted octanol–water partition coefficient (Wildman–Crippen LogP) is 1.57. The minimum absolute atomic E-state index is 0.0978. The van der Waals surface area contributed by atoms with Gasteiger partial charge in [0.2, 0.25) is 0 Å². The third-order valence-electron chi connectivity index (χ3n) is 2.81. The fourth-order valence-electron chi connectivity index (χ4n) is 1.84. The normalized spacial score (nSPS) is 20.3. The lowest BCUT2D eigenvalue weighted by Crippen LogP contribution is -2.36. The van der Waals surface area contributed by atoms with Crippen molar-refractivity contribution >= 4 is 6.09 Å². The Bertz CT molecular complexity index is 386. The highest BCUT2D eigenvalue weighted by Gasteiger charge is 2.22. The number of nitrogens with zero attached hydrogens (tertiary/aromatic N) is 1. The Morgan fingerprint density at radius 1 is 1.44 bits per heavy atom. The van der Waals surface area contributed by atoms with Gasteiger partial charge in [-0.3, -0.25) is 0 Å². The molecule has 0 aromatic heterocycles. The second kappa shape index (κ2) is 6.35. The van der Waals surface area contributed by atoms with E-state index >= 15 is 0 Å². The summed E-state index contributed by atoms with van der Waals surface area (Å²) in [4.78, 5) is 13.2. The van der Waals surface area contributed by atoms with Crippen molar-refractivity contribution < 1.29 is 13.9 Å². The highest BCUT2D eigenvalue weighted by atomic mass is 19.1. The lowest BCUT2D eigenvalue weighted by Gasteiger charge is -2.20. The summed E-state index contributed by atoms with van der Waals surface area (Å²) < 4.78 is 18.5. The van der Waals surface area contributed by atoms with Gasteiger partial charge < -0.3 is 15.0 Å². The molecule has 1 amide bonds. The number of amides is 1. The second-order valence-electron chi connectivity index (χ2n) is 4.29. The largest absolute Gasteiger partial charge is 0.445 e. The molecule has 1 aromatic rings. The molecule has 1 aliphatic rings. The first-order chi connectivity index (χ1) is 8.75. The summed E-state index contributed by atoms with van der Waals surface area (Å²) >= 11 is 0. The maximum atomic E-state index is 13.3. The van der Waals surface area contributed by atoms with Crippen molar-refractivity contribution in [1.29, 1.82) is 0 Å². The van der Waals surface area contributed by atoms with Gasteiger partial charge in [0.1, 0.15) is 12.8 Å². The molecule has 1 aromatic carbocycles. The number of carbonyl (C=O) groups is 1. The van der Waals surface area contributed by atoms with Crippen LogP contribution in [0.5, 0.6) is 0 Å². The van der Waals surface area contributed by atoms with Crippen molar-refractivity contribution in [2.24, 2.45) is 0 Å². The van der Waals surface area contributed by atoms with E-state index in [2.05, 4.69) is 5.32 Å². The Morgan fingerprint density at radius 3 is 3.00 bits per heavy atom. The smallest absolute Gasteiger partial charge is 0.410 e. The van der Waals surface area contributed by atoms with Crippen LogP contribution in [0.15, 0.2) is 30.3 Å². The zero-order valence-corrected chi connectivity index (χ0v) is 10.1. The Balaban J connectivity index is 1.83. The Labute approximate surface area is 106 Å². The zero-order chi connectivity index (χ0) is 12.8. The molecule has 1 saturated heterocycles. The first kappa shape index (κ1) is 12.8. The van der Waals surface area contributed by atoms with Crippen molar-refractivity contribution in [1.82, 2.24) is 10.2 Å². The molecular weight excluding hydrogens is 235 g/mol. The Hall–Kier alpha value is -1.62. The van der Waals surface area contributed by atoms with Gasteiger partial charge in [0, 0.05) is 19.6 Å². The van der Waals surface area contributed by atoms with E-state index in [0.717, 1.165) is 5.56 Å². The van der Waals surface area contributed by atoms with Gasteiger partial charge in [-0.2, -0.15) is 0 Å². The first-order valence-corrected chi connectivity index (χ1v) is 6.06. The van der Waals surface area contributed by atoms with Crippen LogP contribution in [0.3, 0.4) is 0 Å². The zero-order valence-electron chi connectivity index (χ0n) is 10.1. The number of rotatable bonds is 2. The minimum Gasteiger partial charge on any atom is -0.445 e. The van der Waals surface area contributed by atoms with Crippen LogP contribution in [-0.4, -0.2) is 43.3 Å².